The van der Waals surface area contributed by atoms with Crippen LogP contribution < -0.4 is 5.32 Å². The molecule has 5 aromatic carbocycles. The topological polar surface area (TPSA) is 17.0 Å². The molecule has 1 N–H and O–H groups in total. The summed E-state index contributed by atoms with van der Waals surface area (Å²) in [5, 5.41) is 5.94. The molecular formula is C47H38N2S2. The SMILES string of the molecule is C=C/C=C\C=C/C1(C2=C(S)C=CCC2c2cccc3c4ccccc4n(-c4ccccc4)c23)c2ccccc2Sc2cc(N/C=C\C=C)ccc21. The monoisotopic (exact) mass is 694 g/mol. The second-order valence-corrected chi connectivity index (χ2v) is 14.3. The molecule has 0 saturated heterocycles. The third-order valence-corrected chi connectivity index (χ3v) is 11.5. The molecule has 0 saturated carbocycles. The number of aromatic nitrogens is 1. The number of hydrogen-bond acceptors (Lipinski definition) is 3. The molecule has 1 aromatic heterocycles. The lowest BCUT2D eigenvalue weighted by atomic mass is 9.62. The van der Waals surface area contributed by atoms with Crippen LogP contribution in [0.3, 0.4) is 0 Å². The Morgan fingerprint density at radius 2 is 1.51 bits per heavy atom. The summed E-state index contributed by atoms with van der Waals surface area (Å²) in [4.78, 5) is 3.44. The first-order valence-corrected chi connectivity index (χ1v) is 18.5. The number of anilines is 1. The van der Waals surface area contributed by atoms with Crippen LogP contribution in [0.15, 0.2) is 210 Å². The van der Waals surface area contributed by atoms with E-state index in [9.17, 15) is 0 Å². The van der Waals surface area contributed by atoms with Gasteiger partial charge in [-0.15, -0.1) is 12.6 Å². The van der Waals surface area contributed by atoms with Crippen molar-refractivity contribution >= 4 is 51.9 Å². The van der Waals surface area contributed by atoms with Crippen molar-refractivity contribution in [3.05, 3.63) is 216 Å². The van der Waals surface area contributed by atoms with Gasteiger partial charge in [-0.3, -0.25) is 0 Å². The molecule has 0 spiro atoms. The van der Waals surface area contributed by atoms with E-state index in [4.69, 9.17) is 12.6 Å². The summed E-state index contributed by atoms with van der Waals surface area (Å²) in [7, 11) is 0. The minimum Gasteiger partial charge on any atom is -0.362 e. The van der Waals surface area contributed by atoms with E-state index in [2.05, 4.69) is 169 Å². The van der Waals surface area contributed by atoms with E-state index in [1.165, 1.54) is 53.9 Å². The molecule has 1 aliphatic carbocycles. The number of allylic oxidation sites excluding steroid dienone is 10. The Morgan fingerprint density at radius 1 is 0.745 bits per heavy atom. The summed E-state index contributed by atoms with van der Waals surface area (Å²) in [5.41, 5.74) is 9.07. The molecule has 8 rings (SSSR count). The van der Waals surface area contributed by atoms with Gasteiger partial charge in [-0.1, -0.05) is 152 Å². The lowest BCUT2D eigenvalue weighted by molar-refractivity contribution is 0.620. The Balaban J connectivity index is 1.44. The number of para-hydroxylation sites is 3. The molecule has 0 radical (unpaired) electrons. The van der Waals surface area contributed by atoms with Gasteiger partial charge in [0.05, 0.1) is 16.4 Å². The highest BCUT2D eigenvalue weighted by atomic mass is 32.2. The molecular weight excluding hydrogens is 657 g/mol. The van der Waals surface area contributed by atoms with Crippen molar-refractivity contribution in [2.75, 3.05) is 5.32 Å². The van der Waals surface area contributed by atoms with Gasteiger partial charge in [0.15, 0.2) is 0 Å². The number of thiol groups is 1. The number of hydrogen-bond donors (Lipinski definition) is 2. The molecule has 4 heteroatoms. The van der Waals surface area contributed by atoms with E-state index in [-0.39, 0.29) is 5.92 Å². The number of rotatable bonds is 9. The van der Waals surface area contributed by atoms with Crippen molar-refractivity contribution in [2.24, 2.45) is 0 Å². The highest BCUT2D eigenvalue weighted by Crippen LogP contribution is 2.59. The summed E-state index contributed by atoms with van der Waals surface area (Å²) in [6.45, 7) is 7.76. The molecule has 6 aromatic rings. The van der Waals surface area contributed by atoms with Crippen LogP contribution in [0.5, 0.6) is 0 Å². The van der Waals surface area contributed by atoms with E-state index < -0.39 is 5.41 Å². The Kier molecular flexibility index (Phi) is 9.04. The van der Waals surface area contributed by atoms with Crippen LogP contribution >= 0.6 is 24.4 Å². The zero-order valence-electron chi connectivity index (χ0n) is 28.2. The van der Waals surface area contributed by atoms with E-state index in [1.54, 1.807) is 6.08 Å². The second-order valence-electron chi connectivity index (χ2n) is 12.8. The van der Waals surface area contributed by atoms with Crippen molar-refractivity contribution in [3.63, 3.8) is 0 Å². The van der Waals surface area contributed by atoms with Crippen LogP contribution in [0.2, 0.25) is 0 Å². The smallest absolute Gasteiger partial charge is 0.0637 e. The third kappa shape index (κ3) is 5.65. The van der Waals surface area contributed by atoms with E-state index in [0.717, 1.165) is 22.7 Å². The number of nitrogens with one attached hydrogen (secondary N) is 1. The molecule has 51 heavy (non-hydrogen) atoms. The first kappa shape index (κ1) is 32.8. The number of fused-ring (bicyclic) bond motifs is 5. The summed E-state index contributed by atoms with van der Waals surface area (Å²) in [6.07, 6.45) is 21.4. The van der Waals surface area contributed by atoms with Crippen LogP contribution in [0.4, 0.5) is 5.69 Å². The highest BCUT2D eigenvalue weighted by Gasteiger charge is 2.46. The van der Waals surface area contributed by atoms with Gasteiger partial charge in [0.1, 0.15) is 0 Å². The Labute approximate surface area is 310 Å². The maximum atomic E-state index is 5.37. The summed E-state index contributed by atoms with van der Waals surface area (Å²) < 4.78 is 2.46. The lowest BCUT2D eigenvalue weighted by Crippen LogP contribution is -2.35. The van der Waals surface area contributed by atoms with Crippen molar-refractivity contribution < 1.29 is 0 Å². The van der Waals surface area contributed by atoms with Crippen molar-refractivity contribution in [2.45, 2.75) is 27.5 Å². The highest BCUT2D eigenvalue weighted by molar-refractivity contribution is 7.99. The molecule has 1 aliphatic heterocycles. The average molecular weight is 695 g/mol. The van der Waals surface area contributed by atoms with Gasteiger partial charge in [0.2, 0.25) is 0 Å². The van der Waals surface area contributed by atoms with E-state index in [0.29, 0.717) is 0 Å². The lowest BCUT2D eigenvalue weighted by Gasteiger charge is -2.45. The zero-order chi connectivity index (χ0) is 34.8. The maximum absolute atomic E-state index is 5.37. The van der Waals surface area contributed by atoms with E-state index >= 15 is 0 Å². The molecule has 2 nitrogen and oxygen atoms in total. The maximum Gasteiger partial charge on any atom is 0.0637 e. The molecule has 2 heterocycles. The quantitative estimate of drug-likeness (QED) is 0.116. The largest absolute Gasteiger partial charge is 0.362 e. The van der Waals surface area contributed by atoms with Gasteiger partial charge in [0, 0.05) is 49.0 Å². The first-order chi connectivity index (χ1) is 25.2. The molecule has 0 fully saturated rings. The van der Waals surface area contributed by atoms with Crippen molar-refractivity contribution in [3.8, 4) is 5.69 Å². The van der Waals surface area contributed by atoms with Gasteiger partial charge in [-0.2, -0.15) is 0 Å². The standard InChI is InChI=1S/C47H38N2S2/c1-3-5-7-15-30-47(39-24-12-14-27-43(39)51-44-32-33(28-29-40(44)47)48-31-6-4-2)45-36(21-17-26-42(45)50)38-23-16-22-37-35-20-11-13-25-41(35)49(46(37)38)34-18-9-8-10-19-34/h3-20,22-32,36,48,50H,1-2,21H2/b7-5-,30-15-,31-6-. The fraction of sp³-hybridized carbons (Fsp3) is 0.0638. The van der Waals surface area contributed by atoms with Gasteiger partial charge in [-0.05, 0) is 71.2 Å². The average Bonchev–Trinajstić information content (AvgIpc) is 3.51. The molecule has 2 atom stereocenters. The van der Waals surface area contributed by atoms with Crippen molar-refractivity contribution in [1.82, 2.24) is 4.57 Å². The summed E-state index contributed by atoms with van der Waals surface area (Å²) >= 11 is 7.20. The molecule has 2 unspecified atom stereocenters. The third-order valence-electron chi connectivity index (χ3n) is 9.94. The Hall–Kier alpha value is -5.42. The Bertz CT molecular complexity index is 2460. The molecule has 0 bridgehead atoms. The number of nitrogens with zero attached hydrogens (tertiary/aromatic N) is 1. The normalized spacial score (nSPS) is 18.6. The molecule has 0 amide bonds. The van der Waals surface area contributed by atoms with Gasteiger partial charge in [-0.25, -0.2) is 0 Å². The molecule has 248 valence electrons. The van der Waals surface area contributed by atoms with Gasteiger partial charge >= 0.3 is 0 Å². The van der Waals surface area contributed by atoms with Crippen LogP contribution in [-0.2, 0) is 5.41 Å². The summed E-state index contributed by atoms with van der Waals surface area (Å²) in [6, 6.07) is 42.0. The van der Waals surface area contributed by atoms with Crippen LogP contribution in [0.25, 0.3) is 27.5 Å². The zero-order valence-corrected chi connectivity index (χ0v) is 30.0. The number of benzene rings is 5. The van der Waals surface area contributed by atoms with E-state index in [1.807, 2.05) is 36.2 Å². The fourth-order valence-corrected chi connectivity index (χ4v) is 9.60. The van der Waals surface area contributed by atoms with Crippen LogP contribution in [-0.4, -0.2) is 4.57 Å². The van der Waals surface area contributed by atoms with Crippen LogP contribution in [0.1, 0.15) is 29.0 Å². The minimum absolute atomic E-state index is 0.0309. The first-order valence-electron chi connectivity index (χ1n) is 17.3. The fourth-order valence-electron chi connectivity index (χ4n) is 7.91. The second kappa shape index (κ2) is 14.1. The Morgan fingerprint density at radius 3 is 2.37 bits per heavy atom. The predicted octanol–water partition coefficient (Wildman–Crippen LogP) is 12.9. The minimum atomic E-state index is -0.615. The van der Waals surface area contributed by atoms with Gasteiger partial charge in [0.25, 0.3) is 0 Å². The molecule has 2 aliphatic rings. The van der Waals surface area contributed by atoms with Gasteiger partial charge < -0.3 is 9.88 Å². The predicted molar refractivity (Wildman–Crippen MR) is 223 cm³/mol. The summed E-state index contributed by atoms with van der Waals surface area (Å²) in [5.74, 6) is 0.0309. The van der Waals surface area contributed by atoms with Crippen molar-refractivity contribution in [1.29, 1.82) is 0 Å². The van der Waals surface area contributed by atoms with Crippen LogP contribution in [0, 0.1) is 0 Å².